The van der Waals surface area contributed by atoms with Crippen LogP contribution >= 0.6 is 12.4 Å². The van der Waals surface area contributed by atoms with Gasteiger partial charge in [0.2, 0.25) is 5.91 Å². The van der Waals surface area contributed by atoms with Gasteiger partial charge in [-0.3, -0.25) is 4.79 Å². The van der Waals surface area contributed by atoms with Crippen LogP contribution in [0.2, 0.25) is 0 Å². The third kappa shape index (κ3) is 4.80. The molecule has 3 nitrogen and oxygen atoms in total. The molecule has 2 N–H and O–H groups in total. The van der Waals surface area contributed by atoms with Crippen LogP contribution < -0.4 is 10.6 Å². The van der Waals surface area contributed by atoms with Gasteiger partial charge < -0.3 is 10.6 Å². The van der Waals surface area contributed by atoms with Gasteiger partial charge in [-0.05, 0) is 36.6 Å². The minimum absolute atomic E-state index is 0. The van der Waals surface area contributed by atoms with E-state index < -0.39 is 0 Å². The van der Waals surface area contributed by atoms with E-state index in [2.05, 4.69) is 17.6 Å². The Morgan fingerprint density at radius 1 is 1.42 bits per heavy atom. The van der Waals surface area contributed by atoms with Gasteiger partial charge in [0.05, 0.1) is 6.42 Å². The number of piperidine rings is 1. The fraction of sp³-hybridized carbons (Fsp3) is 0.500. The molecule has 19 heavy (non-hydrogen) atoms. The fourth-order valence-corrected chi connectivity index (χ4v) is 2.23. The van der Waals surface area contributed by atoms with Crippen LogP contribution in [0, 0.1) is 11.7 Å². The minimum Gasteiger partial charge on any atom is -0.352 e. The Bertz CT molecular complexity index is 410. The highest BCUT2D eigenvalue weighted by Crippen LogP contribution is 2.11. The Hall–Kier alpha value is -1.13. The first-order chi connectivity index (χ1) is 8.65. The van der Waals surface area contributed by atoms with Crippen LogP contribution in [-0.2, 0) is 11.2 Å². The molecule has 1 fully saturated rings. The Balaban J connectivity index is 0.00000180. The molecule has 1 heterocycles. The van der Waals surface area contributed by atoms with Crippen molar-refractivity contribution in [1.29, 1.82) is 0 Å². The average Bonchev–Trinajstić information content (AvgIpc) is 2.35. The number of carbonyl (C=O) groups is 1. The topological polar surface area (TPSA) is 41.1 Å². The van der Waals surface area contributed by atoms with E-state index in [9.17, 15) is 9.18 Å². The molecule has 1 aromatic rings. The molecule has 5 heteroatoms. The predicted molar refractivity (Wildman–Crippen MR) is 75.9 cm³/mol. The second kappa shape index (κ2) is 7.46. The van der Waals surface area contributed by atoms with Gasteiger partial charge in [0, 0.05) is 12.6 Å². The van der Waals surface area contributed by atoms with Crippen LogP contribution in [0.5, 0.6) is 0 Å². The van der Waals surface area contributed by atoms with E-state index >= 15 is 0 Å². The van der Waals surface area contributed by atoms with Crippen LogP contribution in [0.3, 0.4) is 0 Å². The van der Waals surface area contributed by atoms with Crippen LogP contribution in [0.4, 0.5) is 4.39 Å². The van der Waals surface area contributed by atoms with Crippen LogP contribution in [0.25, 0.3) is 0 Å². The molecular weight excluding hydrogens is 267 g/mol. The normalized spacial score (nSPS) is 22.4. The van der Waals surface area contributed by atoms with Gasteiger partial charge >= 0.3 is 0 Å². The smallest absolute Gasteiger partial charge is 0.224 e. The van der Waals surface area contributed by atoms with Crippen molar-refractivity contribution in [2.24, 2.45) is 5.92 Å². The Labute approximate surface area is 119 Å². The van der Waals surface area contributed by atoms with E-state index in [1.54, 1.807) is 12.1 Å². The van der Waals surface area contributed by atoms with E-state index in [1.807, 2.05) is 0 Å². The van der Waals surface area contributed by atoms with Crippen molar-refractivity contribution < 1.29 is 9.18 Å². The van der Waals surface area contributed by atoms with Gasteiger partial charge in [0.15, 0.2) is 0 Å². The van der Waals surface area contributed by atoms with Gasteiger partial charge in [0.1, 0.15) is 5.82 Å². The molecule has 1 saturated heterocycles. The summed E-state index contributed by atoms with van der Waals surface area (Å²) < 4.78 is 12.7. The molecule has 2 atom stereocenters. The van der Waals surface area contributed by atoms with Gasteiger partial charge in [-0.15, -0.1) is 12.4 Å². The number of amides is 1. The summed E-state index contributed by atoms with van der Waals surface area (Å²) in [6, 6.07) is 6.27. The average molecular weight is 287 g/mol. The zero-order valence-electron chi connectivity index (χ0n) is 11.0. The van der Waals surface area contributed by atoms with Crippen molar-refractivity contribution in [2.75, 3.05) is 13.1 Å². The highest BCUT2D eigenvalue weighted by molar-refractivity contribution is 5.85. The predicted octanol–water partition coefficient (Wildman–Crippen LogP) is 1.90. The molecule has 0 bridgehead atoms. The summed E-state index contributed by atoms with van der Waals surface area (Å²) >= 11 is 0. The summed E-state index contributed by atoms with van der Waals surface area (Å²) in [5.74, 6) is 0.231. The van der Waals surface area contributed by atoms with E-state index in [4.69, 9.17) is 0 Å². The fourth-order valence-electron chi connectivity index (χ4n) is 2.23. The molecular formula is C14H20ClFN2O. The standard InChI is InChI=1S/C14H19FN2O.ClH/c1-10-6-7-16-9-13(10)17-14(18)8-11-2-4-12(15)5-3-11;/h2-5,10,13,16H,6-9H2,1H3,(H,17,18);1H. The molecule has 0 radical (unpaired) electrons. The molecule has 1 aromatic carbocycles. The number of benzene rings is 1. The lowest BCUT2D eigenvalue weighted by Gasteiger charge is -2.30. The summed E-state index contributed by atoms with van der Waals surface area (Å²) in [7, 11) is 0. The summed E-state index contributed by atoms with van der Waals surface area (Å²) in [5.41, 5.74) is 0.838. The highest BCUT2D eigenvalue weighted by Gasteiger charge is 2.22. The van der Waals surface area contributed by atoms with Crippen molar-refractivity contribution in [3.8, 4) is 0 Å². The molecule has 0 aromatic heterocycles. The first-order valence-electron chi connectivity index (χ1n) is 6.39. The molecule has 0 saturated carbocycles. The van der Waals surface area contributed by atoms with Gasteiger partial charge in [-0.2, -0.15) is 0 Å². The monoisotopic (exact) mass is 286 g/mol. The number of rotatable bonds is 3. The Morgan fingerprint density at radius 3 is 2.74 bits per heavy atom. The van der Waals surface area contributed by atoms with E-state index in [0.717, 1.165) is 25.1 Å². The van der Waals surface area contributed by atoms with Crippen LogP contribution in [0.1, 0.15) is 18.9 Å². The van der Waals surface area contributed by atoms with Crippen molar-refractivity contribution in [1.82, 2.24) is 10.6 Å². The largest absolute Gasteiger partial charge is 0.352 e. The zero-order valence-corrected chi connectivity index (χ0v) is 11.8. The molecule has 1 aliphatic heterocycles. The number of hydrogen-bond donors (Lipinski definition) is 2. The summed E-state index contributed by atoms with van der Waals surface area (Å²) in [4.78, 5) is 11.9. The summed E-state index contributed by atoms with van der Waals surface area (Å²) in [6.45, 7) is 4.01. The van der Waals surface area contributed by atoms with E-state index in [1.165, 1.54) is 12.1 Å². The van der Waals surface area contributed by atoms with Gasteiger partial charge in [-0.1, -0.05) is 19.1 Å². The third-order valence-electron chi connectivity index (χ3n) is 3.45. The maximum atomic E-state index is 12.7. The number of carbonyl (C=O) groups excluding carboxylic acids is 1. The van der Waals surface area contributed by atoms with Gasteiger partial charge in [0.25, 0.3) is 0 Å². The number of hydrogen-bond acceptors (Lipinski definition) is 2. The van der Waals surface area contributed by atoms with E-state index in [-0.39, 0.29) is 30.2 Å². The number of halogens is 2. The van der Waals surface area contributed by atoms with Crippen LogP contribution in [0.15, 0.2) is 24.3 Å². The molecule has 2 unspecified atom stereocenters. The molecule has 1 amide bonds. The lowest BCUT2D eigenvalue weighted by atomic mass is 9.94. The minimum atomic E-state index is -0.274. The maximum Gasteiger partial charge on any atom is 0.224 e. The lowest BCUT2D eigenvalue weighted by Crippen LogP contribution is -2.50. The van der Waals surface area contributed by atoms with Gasteiger partial charge in [-0.25, -0.2) is 4.39 Å². The van der Waals surface area contributed by atoms with E-state index in [0.29, 0.717) is 12.3 Å². The summed E-state index contributed by atoms with van der Waals surface area (Å²) in [5, 5.41) is 6.31. The lowest BCUT2D eigenvalue weighted by molar-refractivity contribution is -0.121. The Morgan fingerprint density at radius 2 is 2.11 bits per heavy atom. The first-order valence-corrected chi connectivity index (χ1v) is 6.39. The first kappa shape index (κ1) is 15.9. The molecule has 1 aliphatic rings. The molecule has 2 rings (SSSR count). The molecule has 0 spiro atoms. The quantitative estimate of drug-likeness (QED) is 0.891. The van der Waals surface area contributed by atoms with Crippen molar-refractivity contribution in [3.05, 3.63) is 35.6 Å². The highest BCUT2D eigenvalue weighted by atomic mass is 35.5. The second-order valence-electron chi connectivity index (χ2n) is 4.95. The second-order valence-corrected chi connectivity index (χ2v) is 4.95. The maximum absolute atomic E-state index is 12.7. The zero-order chi connectivity index (χ0) is 13.0. The van der Waals surface area contributed by atoms with Crippen LogP contribution in [-0.4, -0.2) is 25.0 Å². The van der Waals surface area contributed by atoms with Crippen molar-refractivity contribution >= 4 is 18.3 Å². The van der Waals surface area contributed by atoms with Crippen molar-refractivity contribution in [2.45, 2.75) is 25.8 Å². The number of nitrogens with one attached hydrogen (secondary N) is 2. The molecule has 106 valence electrons. The SMILES string of the molecule is CC1CCNCC1NC(=O)Cc1ccc(F)cc1.Cl. The Kier molecular flexibility index (Phi) is 6.25. The molecule has 0 aliphatic carbocycles. The summed E-state index contributed by atoms with van der Waals surface area (Å²) in [6.07, 6.45) is 1.39. The third-order valence-corrected chi connectivity index (χ3v) is 3.45. The van der Waals surface area contributed by atoms with Crippen molar-refractivity contribution in [3.63, 3.8) is 0 Å².